The molecule has 100 valence electrons. The van der Waals surface area contributed by atoms with Crippen molar-refractivity contribution in [2.24, 2.45) is 11.8 Å². The van der Waals surface area contributed by atoms with Crippen molar-refractivity contribution in [1.82, 2.24) is 5.32 Å². The van der Waals surface area contributed by atoms with E-state index in [0.29, 0.717) is 13.0 Å². The lowest BCUT2D eigenvalue weighted by Gasteiger charge is -2.17. The van der Waals surface area contributed by atoms with Gasteiger partial charge < -0.3 is 10.4 Å². The maximum atomic E-state index is 11.6. The van der Waals surface area contributed by atoms with E-state index in [1.54, 1.807) is 0 Å². The molecule has 1 fully saturated rings. The van der Waals surface area contributed by atoms with Gasteiger partial charge in [0, 0.05) is 13.0 Å². The Kier molecular flexibility index (Phi) is 6.56. The second-order valence-electron chi connectivity index (χ2n) is 5.45. The van der Waals surface area contributed by atoms with Gasteiger partial charge in [0.25, 0.3) is 0 Å². The Bertz CT molecular complexity index is 224. The zero-order valence-corrected chi connectivity index (χ0v) is 11.2. The lowest BCUT2D eigenvalue weighted by molar-refractivity contribution is -0.122. The van der Waals surface area contributed by atoms with Gasteiger partial charge in [-0.25, -0.2) is 0 Å². The lowest BCUT2D eigenvalue weighted by atomic mass is 10.0. The lowest BCUT2D eigenvalue weighted by Crippen LogP contribution is -2.35. The summed E-state index contributed by atoms with van der Waals surface area (Å²) in [4.78, 5) is 11.6. The first-order valence-corrected chi connectivity index (χ1v) is 7.08. The fourth-order valence-corrected chi connectivity index (χ4v) is 2.41. The molecule has 2 atom stereocenters. The molecule has 2 unspecified atom stereocenters. The van der Waals surface area contributed by atoms with Gasteiger partial charge in [0.1, 0.15) is 0 Å². The van der Waals surface area contributed by atoms with Gasteiger partial charge in [0.15, 0.2) is 0 Å². The molecule has 3 nitrogen and oxygen atoms in total. The molecule has 2 N–H and O–H groups in total. The third kappa shape index (κ3) is 5.53. The highest BCUT2D eigenvalue weighted by molar-refractivity contribution is 5.75. The molecule has 0 aromatic carbocycles. The van der Waals surface area contributed by atoms with Gasteiger partial charge in [-0.2, -0.15) is 0 Å². The highest BCUT2D eigenvalue weighted by Gasteiger charge is 2.17. The standard InChI is InChI=1S/C14H27NO2/c1-3-11(2)13(16)10-15-14(17)9-8-12-6-4-5-7-12/h11-13,16H,3-10H2,1-2H3,(H,15,17). The molecule has 1 saturated carbocycles. The quantitative estimate of drug-likeness (QED) is 0.719. The highest BCUT2D eigenvalue weighted by Crippen LogP contribution is 2.28. The molecular weight excluding hydrogens is 214 g/mol. The van der Waals surface area contributed by atoms with Crippen LogP contribution >= 0.6 is 0 Å². The Labute approximate surface area is 105 Å². The maximum Gasteiger partial charge on any atom is 0.220 e. The van der Waals surface area contributed by atoms with Crippen molar-refractivity contribution in [2.75, 3.05) is 6.54 Å². The fraction of sp³-hybridized carbons (Fsp3) is 0.929. The van der Waals surface area contributed by atoms with Crippen molar-refractivity contribution in [3.05, 3.63) is 0 Å². The third-order valence-corrected chi connectivity index (χ3v) is 4.06. The number of aliphatic hydroxyl groups is 1. The van der Waals surface area contributed by atoms with Gasteiger partial charge >= 0.3 is 0 Å². The fourth-order valence-electron chi connectivity index (χ4n) is 2.41. The van der Waals surface area contributed by atoms with E-state index in [1.807, 2.05) is 6.92 Å². The summed E-state index contributed by atoms with van der Waals surface area (Å²) in [6, 6.07) is 0. The zero-order chi connectivity index (χ0) is 12.7. The molecule has 0 radical (unpaired) electrons. The zero-order valence-electron chi connectivity index (χ0n) is 11.2. The van der Waals surface area contributed by atoms with E-state index in [1.165, 1.54) is 25.7 Å². The Hall–Kier alpha value is -0.570. The van der Waals surface area contributed by atoms with Gasteiger partial charge in [-0.1, -0.05) is 46.0 Å². The van der Waals surface area contributed by atoms with Crippen LogP contribution in [0.3, 0.4) is 0 Å². The highest BCUT2D eigenvalue weighted by atomic mass is 16.3. The van der Waals surface area contributed by atoms with E-state index in [9.17, 15) is 9.90 Å². The van der Waals surface area contributed by atoms with Crippen LogP contribution in [0.2, 0.25) is 0 Å². The monoisotopic (exact) mass is 241 g/mol. The summed E-state index contributed by atoms with van der Waals surface area (Å²) in [7, 11) is 0. The molecule has 17 heavy (non-hydrogen) atoms. The average molecular weight is 241 g/mol. The summed E-state index contributed by atoms with van der Waals surface area (Å²) in [5.41, 5.74) is 0. The Balaban J connectivity index is 2.08. The van der Waals surface area contributed by atoms with Crippen molar-refractivity contribution in [3.8, 4) is 0 Å². The number of nitrogens with one attached hydrogen (secondary N) is 1. The molecule has 0 aromatic rings. The van der Waals surface area contributed by atoms with Crippen molar-refractivity contribution >= 4 is 5.91 Å². The van der Waals surface area contributed by atoms with Crippen molar-refractivity contribution < 1.29 is 9.90 Å². The van der Waals surface area contributed by atoms with Gasteiger partial charge in [0.2, 0.25) is 5.91 Å². The van der Waals surface area contributed by atoms with Crippen LogP contribution in [0.15, 0.2) is 0 Å². The summed E-state index contributed by atoms with van der Waals surface area (Å²) < 4.78 is 0. The second kappa shape index (κ2) is 7.70. The average Bonchev–Trinajstić information content (AvgIpc) is 2.85. The van der Waals surface area contributed by atoms with Crippen LogP contribution in [0.25, 0.3) is 0 Å². The third-order valence-electron chi connectivity index (χ3n) is 4.06. The molecule has 0 heterocycles. The van der Waals surface area contributed by atoms with Crippen LogP contribution < -0.4 is 5.32 Å². The predicted molar refractivity (Wildman–Crippen MR) is 69.7 cm³/mol. The van der Waals surface area contributed by atoms with Crippen molar-refractivity contribution in [1.29, 1.82) is 0 Å². The molecule has 1 aliphatic carbocycles. The number of amides is 1. The summed E-state index contributed by atoms with van der Waals surface area (Å²) in [5.74, 6) is 1.12. The molecule has 0 spiro atoms. The normalized spacial score (nSPS) is 20.2. The number of rotatable bonds is 7. The SMILES string of the molecule is CCC(C)C(O)CNC(=O)CCC1CCCC1. The topological polar surface area (TPSA) is 49.3 Å². The molecule has 0 saturated heterocycles. The molecular formula is C14H27NO2. The predicted octanol–water partition coefficient (Wildman–Crippen LogP) is 2.48. The Morgan fingerprint density at radius 3 is 2.65 bits per heavy atom. The molecule has 1 aliphatic rings. The van der Waals surface area contributed by atoms with Gasteiger partial charge in [-0.05, 0) is 18.3 Å². The summed E-state index contributed by atoms with van der Waals surface area (Å²) >= 11 is 0. The van der Waals surface area contributed by atoms with E-state index in [4.69, 9.17) is 0 Å². The van der Waals surface area contributed by atoms with Gasteiger partial charge in [0.05, 0.1) is 6.10 Å². The van der Waals surface area contributed by atoms with E-state index in [0.717, 1.165) is 18.8 Å². The summed E-state index contributed by atoms with van der Waals surface area (Å²) in [6.07, 6.45) is 7.43. The second-order valence-corrected chi connectivity index (χ2v) is 5.45. The summed E-state index contributed by atoms with van der Waals surface area (Å²) in [6.45, 7) is 4.46. The van der Waals surface area contributed by atoms with E-state index in [2.05, 4.69) is 12.2 Å². The number of aliphatic hydroxyl groups excluding tert-OH is 1. The van der Waals surface area contributed by atoms with E-state index < -0.39 is 6.10 Å². The molecule has 1 rings (SSSR count). The first kappa shape index (κ1) is 14.5. The van der Waals surface area contributed by atoms with Crippen LogP contribution in [0.4, 0.5) is 0 Å². The minimum atomic E-state index is -0.407. The first-order valence-electron chi connectivity index (χ1n) is 7.08. The summed E-state index contributed by atoms with van der Waals surface area (Å²) in [5, 5.41) is 12.6. The van der Waals surface area contributed by atoms with Gasteiger partial charge in [-0.15, -0.1) is 0 Å². The Morgan fingerprint density at radius 2 is 2.06 bits per heavy atom. The first-order chi connectivity index (χ1) is 8.13. The van der Waals surface area contributed by atoms with Crippen LogP contribution in [0.1, 0.15) is 58.8 Å². The van der Waals surface area contributed by atoms with Crippen LogP contribution in [0, 0.1) is 11.8 Å². The van der Waals surface area contributed by atoms with Crippen molar-refractivity contribution in [2.45, 2.75) is 64.9 Å². The van der Waals surface area contributed by atoms with Crippen LogP contribution in [-0.4, -0.2) is 23.7 Å². The molecule has 0 bridgehead atoms. The number of hydrogen-bond donors (Lipinski definition) is 2. The van der Waals surface area contributed by atoms with Crippen LogP contribution in [0.5, 0.6) is 0 Å². The largest absolute Gasteiger partial charge is 0.391 e. The molecule has 0 aliphatic heterocycles. The number of carbonyl (C=O) groups is 1. The molecule has 1 amide bonds. The van der Waals surface area contributed by atoms with E-state index in [-0.39, 0.29) is 11.8 Å². The number of carbonyl (C=O) groups excluding carboxylic acids is 1. The van der Waals surface area contributed by atoms with Crippen LogP contribution in [-0.2, 0) is 4.79 Å². The Morgan fingerprint density at radius 1 is 1.41 bits per heavy atom. The maximum absolute atomic E-state index is 11.6. The van der Waals surface area contributed by atoms with Gasteiger partial charge in [-0.3, -0.25) is 4.79 Å². The molecule has 3 heteroatoms. The van der Waals surface area contributed by atoms with E-state index >= 15 is 0 Å². The van der Waals surface area contributed by atoms with Crippen molar-refractivity contribution in [3.63, 3.8) is 0 Å². The molecule has 0 aromatic heterocycles. The smallest absolute Gasteiger partial charge is 0.220 e. The number of hydrogen-bond acceptors (Lipinski definition) is 2. The minimum Gasteiger partial charge on any atom is -0.391 e. The minimum absolute atomic E-state index is 0.0965.